The summed E-state index contributed by atoms with van der Waals surface area (Å²) in [5, 5.41) is 26.0. The number of aliphatic hydroxyl groups is 3. The molecule has 0 aromatic carbocycles. The van der Waals surface area contributed by atoms with Gasteiger partial charge in [0.2, 0.25) is 0 Å². The fourth-order valence-electron chi connectivity index (χ4n) is 0.800. The first-order valence-electron chi connectivity index (χ1n) is 5.54. The van der Waals surface area contributed by atoms with E-state index in [2.05, 4.69) is 32.2 Å². The number of rotatable bonds is 8. The van der Waals surface area contributed by atoms with E-state index in [9.17, 15) is 4.57 Å². The van der Waals surface area contributed by atoms with Gasteiger partial charge in [-0.2, -0.15) is 0 Å². The molecule has 108 valence electrons. The van der Waals surface area contributed by atoms with E-state index in [-0.39, 0.29) is 15.1 Å². The molecular weight excluding hydrogens is 257 g/mol. The van der Waals surface area contributed by atoms with Crippen molar-refractivity contribution in [3.05, 3.63) is 12.7 Å². The van der Waals surface area contributed by atoms with Crippen LogP contribution in [-0.4, -0.2) is 72.9 Å². The molecule has 6 nitrogen and oxygen atoms in total. The summed E-state index contributed by atoms with van der Waals surface area (Å²) in [5.41, 5.74) is -1.37. The topological polar surface area (TPSA) is 87.0 Å². The summed E-state index contributed by atoms with van der Waals surface area (Å²) < 4.78 is 15.2. The van der Waals surface area contributed by atoms with Crippen molar-refractivity contribution in [3.63, 3.8) is 0 Å². The standard InChI is InChI=1S/C6H12O3.C5H13NO2P/c1-2-3-6(9,4-7)5-8;1-6(2,3)4-5-8-9-7/h2,7-9H,1,3-5H2;4-5H2,1-3H3/q;+1. The van der Waals surface area contributed by atoms with Crippen LogP contribution in [0.3, 0.4) is 0 Å². The Balaban J connectivity index is 0. The Kier molecular flexibility index (Phi) is 11.7. The highest BCUT2D eigenvalue weighted by atomic mass is 31.1. The van der Waals surface area contributed by atoms with Gasteiger partial charge in [-0.05, 0) is 6.42 Å². The molecule has 0 saturated carbocycles. The number of hydrogen-bond acceptors (Lipinski definition) is 5. The molecular formula is C11H25NO5P+. The van der Waals surface area contributed by atoms with Crippen LogP contribution in [0.2, 0.25) is 0 Å². The van der Waals surface area contributed by atoms with E-state index in [4.69, 9.17) is 15.3 Å². The van der Waals surface area contributed by atoms with Crippen LogP contribution >= 0.6 is 8.69 Å². The predicted octanol–water partition coefficient (Wildman–Crippen LogP) is 0.194. The second-order valence-electron chi connectivity index (χ2n) is 4.96. The van der Waals surface area contributed by atoms with Crippen LogP contribution in [0.4, 0.5) is 0 Å². The average molecular weight is 282 g/mol. The molecule has 0 spiro atoms. The molecule has 0 aliphatic carbocycles. The third kappa shape index (κ3) is 13.7. The molecule has 0 bridgehead atoms. The molecule has 0 aliphatic rings. The van der Waals surface area contributed by atoms with E-state index in [1.807, 2.05) is 0 Å². The highest BCUT2D eigenvalue weighted by Gasteiger charge is 2.22. The number of aliphatic hydroxyl groups excluding tert-OH is 2. The summed E-state index contributed by atoms with van der Waals surface area (Å²) in [6.45, 7) is 3.92. The van der Waals surface area contributed by atoms with E-state index in [0.717, 1.165) is 11.0 Å². The quantitative estimate of drug-likeness (QED) is 0.256. The smallest absolute Gasteiger partial charge is 0.327 e. The molecule has 3 N–H and O–H groups in total. The zero-order valence-corrected chi connectivity index (χ0v) is 12.3. The van der Waals surface area contributed by atoms with Crippen LogP contribution in [0.25, 0.3) is 0 Å². The largest absolute Gasteiger partial charge is 0.393 e. The molecule has 0 heterocycles. The maximum atomic E-state index is 9.76. The van der Waals surface area contributed by atoms with Crippen molar-refractivity contribution < 1.29 is 28.9 Å². The fraction of sp³-hybridized carbons (Fsp3) is 0.818. The third-order valence-electron chi connectivity index (χ3n) is 2.02. The van der Waals surface area contributed by atoms with Crippen molar-refractivity contribution >= 4 is 8.69 Å². The second-order valence-corrected chi connectivity index (χ2v) is 5.36. The van der Waals surface area contributed by atoms with Crippen LogP contribution in [-0.2, 0) is 9.09 Å². The summed E-state index contributed by atoms with van der Waals surface area (Å²) in [5.74, 6) is 0. The first kappa shape index (κ1) is 20.0. The van der Waals surface area contributed by atoms with Gasteiger partial charge in [-0.25, -0.2) is 4.57 Å². The van der Waals surface area contributed by atoms with Crippen LogP contribution in [0.15, 0.2) is 12.7 Å². The Morgan fingerprint density at radius 2 is 1.83 bits per heavy atom. The van der Waals surface area contributed by atoms with Gasteiger partial charge in [-0.3, -0.25) is 4.52 Å². The van der Waals surface area contributed by atoms with E-state index in [1.165, 1.54) is 6.08 Å². The SMILES string of the molecule is C=CCC(O)(CO)CO.C[N+](C)(C)CCOP=O. The maximum absolute atomic E-state index is 9.76. The maximum Gasteiger partial charge on any atom is 0.327 e. The summed E-state index contributed by atoms with van der Waals surface area (Å²) in [6, 6.07) is 0. The van der Waals surface area contributed by atoms with Gasteiger partial charge in [0.1, 0.15) is 18.8 Å². The van der Waals surface area contributed by atoms with Crippen LogP contribution in [0.1, 0.15) is 6.42 Å². The van der Waals surface area contributed by atoms with E-state index in [0.29, 0.717) is 6.61 Å². The fourth-order valence-corrected chi connectivity index (χ4v) is 0.956. The van der Waals surface area contributed by atoms with Gasteiger partial charge >= 0.3 is 8.69 Å². The average Bonchev–Trinajstić information content (AvgIpc) is 2.29. The van der Waals surface area contributed by atoms with Gasteiger partial charge in [-0.15, -0.1) is 6.58 Å². The number of likely N-dealkylation sites (N-methyl/N-ethyl adjacent to an activating group) is 1. The second kappa shape index (κ2) is 10.6. The zero-order chi connectivity index (χ0) is 14.7. The number of quaternary nitrogens is 1. The van der Waals surface area contributed by atoms with Crippen LogP contribution in [0, 0.1) is 0 Å². The molecule has 0 atom stereocenters. The van der Waals surface area contributed by atoms with Gasteiger partial charge in [0.05, 0.1) is 34.4 Å². The Morgan fingerprint density at radius 1 is 1.33 bits per heavy atom. The van der Waals surface area contributed by atoms with E-state index in [1.54, 1.807) is 0 Å². The molecule has 0 aromatic rings. The van der Waals surface area contributed by atoms with Crippen molar-refractivity contribution in [2.45, 2.75) is 12.0 Å². The van der Waals surface area contributed by atoms with Crippen molar-refractivity contribution in [1.82, 2.24) is 0 Å². The lowest BCUT2D eigenvalue weighted by Crippen LogP contribution is -2.37. The van der Waals surface area contributed by atoms with Gasteiger partial charge < -0.3 is 19.8 Å². The minimum Gasteiger partial charge on any atom is -0.393 e. The molecule has 18 heavy (non-hydrogen) atoms. The van der Waals surface area contributed by atoms with Gasteiger partial charge in [0.25, 0.3) is 0 Å². The molecule has 0 radical (unpaired) electrons. The lowest BCUT2D eigenvalue weighted by Gasteiger charge is -2.22. The Morgan fingerprint density at radius 3 is 2.06 bits per heavy atom. The Hall–Kier alpha value is -0.360. The molecule has 0 fully saturated rings. The summed E-state index contributed by atoms with van der Waals surface area (Å²) in [7, 11) is 5.96. The summed E-state index contributed by atoms with van der Waals surface area (Å²) in [6.07, 6.45) is 1.66. The number of nitrogens with zero attached hydrogens (tertiary/aromatic N) is 1. The highest BCUT2D eigenvalue weighted by Crippen LogP contribution is 2.07. The van der Waals surface area contributed by atoms with Crippen molar-refractivity contribution in [1.29, 1.82) is 0 Å². The first-order chi connectivity index (χ1) is 8.24. The molecule has 7 heteroatoms. The molecule has 0 aliphatic heterocycles. The summed E-state index contributed by atoms with van der Waals surface area (Å²) in [4.78, 5) is 0. The molecule has 0 amide bonds. The van der Waals surface area contributed by atoms with Crippen molar-refractivity contribution in [2.24, 2.45) is 0 Å². The highest BCUT2D eigenvalue weighted by molar-refractivity contribution is 7.17. The molecule has 0 aromatic heterocycles. The van der Waals surface area contributed by atoms with E-state index >= 15 is 0 Å². The molecule has 0 saturated heterocycles. The summed E-state index contributed by atoms with van der Waals surface area (Å²) >= 11 is 0. The normalized spacial score (nSPS) is 11.9. The van der Waals surface area contributed by atoms with E-state index < -0.39 is 18.8 Å². The van der Waals surface area contributed by atoms with Crippen molar-refractivity contribution in [3.8, 4) is 0 Å². The third-order valence-corrected chi connectivity index (χ3v) is 2.31. The van der Waals surface area contributed by atoms with Gasteiger partial charge in [0.15, 0.2) is 0 Å². The van der Waals surface area contributed by atoms with Crippen LogP contribution < -0.4 is 0 Å². The molecule has 0 rings (SSSR count). The monoisotopic (exact) mass is 282 g/mol. The zero-order valence-electron chi connectivity index (χ0n) is 11.4. The predicted molar refractivity (Wildman–Crippen MR) is 70.4 cm³/mol. The van der Waals surface area contributed by atoms with Gasteiger partial charge in [0, 0.05) is 0 Å². The Labute approximate surface area is 110 Å². The lowest BCUT2D eigenvalue weighted by atomic mass is 10.0. The Bertz CT molecular complexity index is 226. The minimum atomic E-state index is -1.37. The minimum absolute atomic E-state index is 0.208. The van der Waals surface area contributed by atoms with Crippen molar-refractivity contribution in [2.75, 3.05) is 47.5 Å². The lowest BCUT2D eigenvalue weighted by molar-refractivity contribution is -0.870. The number of hydrogen-bond donors (Lipinski definition) is 3. The molecule has 0 unspecified atom stereocenters. The van der Waals surface area contributed by atoms with Gasteiger partial charge in [-0.1, -0.05) is 6.08 Å². The van der Waals surface area contributed by atoms with Crippen LogP contribution in [0.5, 0.6) is 0 Å². The first-order valence-corrected chi connectivity index (χ1v) is 6.28.